The predicted molar refractivity (Wildman–Crippen MR) is 72.8 cm³/mol. The van der Waals surface area contributed by atoms with Crippen molar-refractivity contribution >= 4 is 23.2 Å². The van der Waals surface area contributed by atoms with Crippen molar-refractivity contribution in [3.8, 4) is 0 Å². The average Bonchev–Trinajstić information content (AvgIpc) is 2.30. The molecule has 3 nitrogen and oxygen atoms in total. The summed E-state index contributed by atoms with van der Waals surface area (Å²) in [5.41, 5.74) is -0.881. The van der Waals surface area contributed by atoms with E-state index >= 15 is 0 Å². The summed E-state index contributed by atoms with van der Waals surface area (Å²) < 4.78 is 37.7. The molecule has 20 heavy (non-hydrogen) atoms. The second-order valence-corrected chi connectivity index (χ2v) is 5.01. The van der Waals surface area contributed by atoms with Crippen molar-refractivity contribution in [2.75, 3.05) is 11.9 Å². The van der Waals surface area contributed by atoms with E-state index < -0.39 is 11.7 Å². The van der Waals surface area contributed by atoms with Crippen molar-refractivity contribution in [3.63, 3.8) is 0 Å². The molecule has 0 fully saturated rings. The molecule has 0 saturated carbocycles. The molecule has 0 aliphatic carbocycles. The second kappa shape index (κ2) is 6.95. The van der Waals surface area contributed by atoms with Gasteiger partial charge in [0.05, 0.1) is 16.3 Å². The summed E-state index contributed by atoms with van der Waals surface area (Å²) in [6.07, 6.45) is -4.31. The van der Waals surface area contributed by atoms with Gasteiger partial charge in [-0.25, -0.2) is 0 Å². The highest BCUT2D eigenvalue weighted by Gasteiger charge is 2.31. The zero-order valence-electron chi connectivity index (χ0n) is 11.1. The van der Waals surface area contributed by atoms with Gasteiger partial charge in [-0.05, 0) is 18.2 Å². The highest BCUT2D eigenvalue weighted by molar-refractivity contribution is 6.33. The lowest BCUT2D eigenvalue weighted by Crippen LogP contribution is -2.27. The van der Waals surface area contributed by atoms with Crippen molar-refractivity contribution < 1.29 is 18.0 Å². The first-order valence-electron chi connectivity index (χ1n) is 6.10. The molecule has 0 saturated heterocycles. The maximum Gasteiger partial charge on any atom is 0.416 e. The highest BCUT2D eigenvalue weighted by Crippen LogP contribution is 2.33. The summed E-state index contributed by atoms with van der Waals surface area (Å²) in [5.74, 6) is -0.389. The van der Waals surface area contributed by atoms with Crippen LogP contribution in [0.4, 0.5) is 18.9 Å². The van der Waals surface area contributed by atoms with Gasteiger partial charge in [0.15, 0.2) is 0 Å². The van der Waals surface area contributed by atoms with E-state index in [0.29, 0.717) is 6.54 Å². The van der Waals surface area contributed by atoms with Crippen LogP contribution in [0.5, 0.6) is 0 Å². The van der Waals surface area contributed by atoms with Crippen molar-refractivity contribution in [1.29, 1.82) is 0 Å². The van der Waals surface area contributed by atoms with Gasteiger partial charge >= 0.3 is 6.18 Å². The Bertz CT molecular complexity index is 475. The predicted octanol–water partition coefficient (Wildman–Crippen LogP) is 3.69. The third-order valence-electron chi connectivity index (χ3n) is 2.47. The van der Waals surface area contributed by atoms with Gasteiger partial charge in [0, 0.05) is 19.0 Å². The molecule has 1 aromatic rings. The zero-order valence-corrected chi connectivity index (χ0v) is 11.9. The Morgan fingerprint density at radius 2 is 2.00 bits per heavy atom. The standard InChI is InChI=1S/C13H16ClF3N2O/c1-8(2)18-6-5-12(20)19-11-7-9(13(15,16)17)3-4-10(11)14/h3-4,7-8,18H,5-6H2,1-2H3,(H,19,20). The molecule has 1 aromatic carbocycles. The lowest BCUT2D eigenvalue weighted by Gasteiger charge is -2.12. The van der Waals surface area contributed by atoms with Crippen LogP contribution in [0.1, 0.15) is 25.8 Å². The van der Waals surface area contributed by atoms with Crippen LogP contribution >= 0.6 is 11.6 Å². The summed E-state index contributed by atoms with van der Waals surface area (Å²) in [7, 11) is 0. The Labute approximate surface area is 120 Å². The lowest BCUT2D eigenvalue weighted by atomic mass is 10.2. The summed E-state index contributed by atoms with van der Waals surface area (Å²) in [6, 6.07) is 3.06. The number of carbonyl (C=O) groups excluding carboxylic acids is 1. The number of alkyl halides is 3. The average molecular weight is 309 g/mol. The molecule has 0 aliphatic rings. The molecule has 1 rings (SSSR count). The van der Waals surface area contributed by atoms with Crippen LogP contribution in [0, 0.1) is 0 Å². The number of halogens is 4. The first-order valence-corrected chi connectivity index (χ1v) is 6.48. The highest BCUT2D eigenvalue weighted by atomic mass is 35.5. The van der Waals surface area contributed by atoms with E-state index in [-0.39, 0.29) is 29.1 Å². The van der Waals surface area contributed by atoms with Gasteiger partial charge in [0.1, 0.15) is 0 Å². The van der Waals surface area contributed by atoms with Crippen molar-refractivity contribution in [3.05, 3.63) is 28.8 Å². The van der Waals surface area contributed by atoms with E-state index in [0.717, 1.165) is 18.2 Å². The van der Waals surface area contributed by atoms with E-state index in [2.05, 4.69) is 10.6 Å². The molecule has 0 unspecified atom stereocenters. The summed E-state index contributed by atoms with van der Waals surface area (Å²) in [4.78, 5) is 11.6. The van der Waals surface area contributed by atoms with Gasteiger partial charge in [-0.15, -0.1) is 0 Å². The monoisotopic (exact) mass is 308 g/mol. The quantitative estimate of drug-likeness (QED) is 0.871. The Morgan fingerprint density at radius 3 is 2.55 bits per heavy atom. The minimum absolute atomic E-state index is 0.0314. The fourth-order valence-electron chi connectivity index (χ4n) is 1.48. The van der Waals surface area contributed by atoms with Gasteiger partial charge in [-0.2, -0.15) is 13.2 Å². The van der Waals surface area contributed by atoms with Crippen LogP contribution in [0.3, 0.4) is 0 Å². The number of carbonyl (C=O) groups is 1. The lowest BCUT2D eigenvalue weighted by molar-refractivity contribution is -0.137. The van der Waals surface area contributed by atoms with Crippen molar-refractivity contribution in [2.45, 2.75) is 32.5 Å². The third kappa shape index (κ3) is 5.38. The van der Waals surface area contributed by atoms with E-state index in [1.165, 1.54) is 0 Å². The van der Waals surface area contributed by atoms with E-state index in [1.807, 2.05) is 13.8 Å². The fourth-order valence-corrected chi connectivity index (χ4v) is 1.65. The van der Waals surface area contributed by atoms with Crippen LogP contribution < -0.4 is 10.6 Å². The Hall–Kier alpha value is -1.27. The number of rotatable bonds is 5. The zero-order chi connectivity index (χ0) is 15.3. The molecule has 1 amide bonds. The number of hydrogen-bond donors (Lipinski definition) is 2. The van der Waals surface area contributed by atoms with Crippen molar-refractivity contribution in [2.24, 2.45) is 0 Å². The summed E-state index contributed by atoms with van der Waals surface area (Å²) in [5, 5.41) is 5.50. The summed E-state index contributed by atoms with van der Waals surface area (Å²) >= 11 is 5.78. The van der Waals surface area contributed by atoms with Crippen LogP contribution in [0.15, 0.2) is 18.2 Å². The molecule has 0 bridgehead atoms. The number of anilines is 1. The largest absolute Gasteiger partial charge is 0.416 e. The Kier molecular flexibility index (Phi) is 5.83. The molecule has 0 atom stereocenters. The fraction of sp³-hybridized carbons (Fsp3) is 0.462. The number of hydrogen-bond acceptors (Lipinski definition) is 2. The molecule has 2 N–H and O–H groups in total. The van der Waals surface area contributed by atoms with Crippen LogP contribution in [0.2, 0.25) is 5.02 Å². The van der Waals surface area contributed by atoms with E-state index in [9.17, 15) is 18.0 Å². The topological polar surface area (TPSA) is 41.1 Å². The SMILES string of the molecule is CC(C)NCCC(=O)Nc1cc(C(F)(F)F)ccc1Cl. The van der Waals surface area contributed by atoms with Crippen LogP contribution in [-0.4, -0.2) is 18.5 Å². The normalized spacial score (nSPS) is 11.8. The molecule has 0 spiro atoms. The molecular formula is C13H16ClF3N2O. The maximum absolute atomic E-state index is 12.6. The first kappa shape index (κ1) is 16.8. The minimum atomic E-state index is -4.47. The number of amides is 1. The van der Waals surface area contributed by atoms with Gasteiger partial charge < -0.3 is 10.6 Å². The molecule has 7 heteroatoms. The first-order chi connectivity index (χ1) is 9.20. The van der Waals surface area contributed by atoms with E-state index in [4.69, 9.17) is 11.6 Å². The minimum Gasteiger partial charge on any atom is -0.325 e. The number of nitrogens with one attached hydrogen (secondary N) is 2. The van der Waals surface area contributed by atoms with Crippen LogP contribution in [-0.2, 0) is 11.0 Å². The molecule has 0 aliphatic heterocycles. The van der Waals surface area contributed by atoms with Gasteiger partial charge in [0.2, 0.25) is 5.91 Å². The van der Waals surface area contributed by atoms with Crippen molar-refractivity contribution in [1.82, 2.24) is 5.32 Å². The molecule has 0 aromatic heterocycles. The molecule has 112 valence electrons. The maximum atomic E-state index is 12.6. The molecule has 0 heterocycles. The van der Waals surface area contributed by atoms with Gasteiger partial charge in [-0.3, -0.25) is 4.79 Å². The summed E-state index contributed by atoms with van der Waals surface area (Å²) in [6.45, 7) is 4.31. The van der Waals surface area contributed by atoms with Gasteiger partial charge in [-0.1, -0.05) is 25.4 Å². The Morgan fingerprint density at radius 1 is 1.35 bits per heavy atom. The second-order valence-electron chi connectivity index (χ2n) is 4.60. The van der Waals surface area contributed by atoms with Gasteiger partial charge in [0.25, 0.3) is 0 Å². The Balaban J connectivity index is 2.69. The number of benzene rings is 1. The molecular weight excluding hydrogens is 293 g/mol. The molecule has 0 radical (unpaired) electrons. The van der Waals surface area contributed by atoms with Crippen LogP contribution in [0.25, 0.3) is 0 Å². The van der Waals surface area contributed by atoms with E-state index in [1.54, 1.807) is 0 Å². The third-order valence-corrected chi connectivity index (χ3v) is 2.80. The smallest absolute Gasteiger partial charge is 0.325 e.